The van der Waals surface area contributed by atoms with Crippen molar-refractivity contribution in [3.63, 3.8) is 0 Å². The Labute approximate surface area is 231 Å². The van der Waals surface area contributed by atoms with Crippen LogP contribution in [0, 0.1) is 0 Å². The van der Waals surface area contributed by atoms with Gasteiger partial charge in [-0.25, -0.2) is 38.4 Å². The number of aliphatic hydroxyl groups is 2. The van der Waals surface area contributed by atoms with Crippen LogP contribution in [0.3, 0.4) is 0 Å². The van der Waals surface area contributed by atoms with Gasteiger partial charge in [-0.05, 0) is 0 Å². The van der Waals surface area contributed by atoms with E-state index in [1.54, 1.807) is 0 Å². The molecule has 0 rings (SSSR count). The van der Waals surface area contributed by atoms with Crippen LogP contribution in [0.4, 0.5) is 0 Å². The van der Waals surface area contributed by atoms with E-state index in [2.05, 4.69) is 0 Å². The van der Waals surface area contributed by atoms with Crippen LogP contribution < -0.4 is 0 Å². The Morgan fingerprint density at radius 2 is 0.500 bits per heavy atom. The molecule has 0 aromatic carbocycles. The summed E-state index contributed by atoms with van der Waals surface area (Å²) in [6.07, 6.45) is -1.74. The van der Waals surface area contributed by atoms with Gasteiger partial charge in [-0.3, -0.25) is 9.59 Å². The van der Waals surface area contributed by atoms with Gasteiger partial charge in [-0.1, -0.05) is 0 Å². The number of rotatable bonds is 12. The average Bonchev–Trinajstić information content (AvgIpc) is 2.81. The van der Waals surface area contributed by atoms with Gasteiger partial charge in [0.25, 0.3) is 0 Å². The van der Waals surface area contributed by atoms with Crippen molar-refractivity contribution in [2.75, 3.05) is 0 Å². The molecule has 0 radical (unpaired) electrons. The first-order chi connectivity index (χ1) is 19.0. The third-order valence-electron chi connectivity index (χ3n) is 2.41. The normalized spacial score (nSPS) is 10.8. The number of carbonyl (C=O) groups is 10. The van der Waals surface area contributed by atoms with Gasteiger partial charge in [0.1, 0.15) is 0 Å². The molecule has 0 saturated carbocycles. The Kier molecular flexibility index (Phi) is 30.3. The van der Waals surface area contributed by atoms with Crippen molar-refractivity contribution < 1.29 is 109 Å². The minimum Gasteiger partial charge on any atom is -0.481 e. The van der Waals surface area contributed by atoms with E-state index >= 15 is 0 Å². The Balaban J connectivity index is -0.000000136. The quantitative estimate of drug-likeness (QED) is 0.0968. The second-order valence-electron chi connectivity index (χ2n) is 5.93. The molecule has 2 unspecified atom stereocenters. The van der Waals surface area contributed by atoms with Crippen LogP contribution in [0.1, 0.15) is 12.8 Å². The summed E-state index contributed by atoms with van der Waals surface area (Å²) in [5.41, 5.74) is 0. The first kappa shape index (κ1) is 45.7. The Morgan fingerprint density at radius 1 is 0.357 bits per heavy atom. The largest absolute Gasteiger partial charge is 0.481 e. The van der Waals surface area contributed by atoms with Crippen LogP contribution in [-0.4, -0.2) is 133 Å². The van der Waals surface area contributed by atoms with E-state index in [0.717, 1.165) is 0 Å². The summed E-state index contributed by atoms with van der Waals surface area (Å²) in [7, 11) is 0. The molecule has 0 aliphatic carbocycles. The van der Waals surface area contributed by atoms with Gasteiger partial charge in [0.15, 0.2) is 12.2 Å². The molecule has 22 heteroatoms. The van der Waals surface area contributed by atoms with Crippen molar-refractivity contribution in [2.24, 2.45) is 0 Å². The highest BCUT2D eigenvalue weighted by molar-refractivity contribution is 5.90. The monoisotopic (exact) mass is 616 g/mol. The second kappa shape index (κ2) is 27.9. The van der Waals surface area contributed by atoms with Gasteiger partial charge in [0.2, 0.25) is 0 Å². The van der Waals surface area contributed by atoms with E-state index < -0.39 is 84.7 Å². The van der Waals surface area contributed by atoms with Crippen molar-refractivity contribution in [3.05, 3.63) is 36.5 Å². The van der Waals surface area contributed by atoms with Crippen LogP contribution in [0.15, 0.2) is 36.5 Å². The molecule has 22 nitrogen and oxygen atoms in total. The standard InChI is InChI=1S/2C4H6O5.3C4H4O4/c2*5-2(4(8)9)1-3(6)7;3*5-3(6)1-2-4(7)8/h2*2,5H,1H2,(H,6,7)(H,8,9);3*1-2H,(H,5,6)(H,7,8). The molecule has 12 N–H and O–H groups in total. The van der Waals surface area contributed by atoms with Crippen molar-refractivity contribution >= 4 is 59.7 Å². The van der Waals surface area contributed by atoms with E-state index in [1.165, 1.54) is 0 Å². The summed E-state index contributed by atoms with van der Waals surface area (Å²) in [5, 5.41) is 95.2. The lowest BCUT2D eigenvalue weighted by molar-refractivity contribution is -0.153. The number of carboxylic acids is 10. The Morgan fingerprint density at radius 3 is 0.548 bits per heavy atom. The summed E-state index contributed by atoms with van der Waals surface area (Å²) < 4.78 is 0. The first-order valence-corrected chi connectivity index (χ1v) is 9.63. The van der Waals surface area contributed by atoms with Crippen molar-refractivity contribution in [3.8, 4) is 0 Å². The minimum atomic E-state index is -1.79. The zero-order chi connectivity index (χ0) is 34.6. The highest BCUT2D eigenvalue weighted by Gasteiger charge is 2.16. The zero-order valence-corrected chi connectivity index (χ0v) is 20.5. The fraction of sp³-hybridized carbons (Fsp3) is 0.200. The molecule has 0 aliphatic rings. The predicted molar refractivity (Wildman–Crippen MR) is 125 cm³/mol. The highest BCUT2D eigenvalue weighted by atomic mass is 16.4. The fourth-order valence-corrected chi connectivity index (χ4v) is 0.933. The van der Waals surface area contributed by atoms with Gasteiger partial charge in [-0.15, -0.1) is 0 Å². The average molecular weight is 616 g/mol. The summed E-state index contributed by atoms with van der Waals surface area (Å²) in [4.78, 5) is 96.1. The van der Waals surface area contributed by atoms with Gasteiger partial charge < -0.3 is 61.3 Å². The molecule has 42 heavy (non-hydrogen) atoms. The topological polar surface area (TPSA) is 413 Å². The minimum absolute atomic E-state index is 0.558. The first-order valence-electron chi connectivity index (χ1n) is 9.63. The molecule has 0 bridgehead atoms. The predicted octanol–water partition coefficient (Wildman–Crippen LogP) is -3.05. The molecule has 0 aliphatic heterocycles. The smallest absolute Gasteiger partial charge is 0.333 e. The van der Waals surface area contributed by atoms with Gasteiger partial charge in [0.05, 0.1) is 12.8 Å². The summed E-state index contributed by atoms with van der Waals surface area (Å²) >= 11 is 0. The van der Waals surface area contributed by atoms with E-state index in [-0.39, 0.29) is 0 Å². The van der Waals surface area contributed by atoms with E-state index in [4.69, 9.17) is 61.3 Å². The van der Waals surface area contributed by atoms with Crippen LogP contribution >= 0.6 is 0 Å². The molecule has 0 aromatic heterocycles. The van der Waals surface area contributed by atoms with Gasteiger partial charge in [0, 0.05) is 36.5 Å². The lowest BCUT2D eigenvalue weighted by Gasteiger charge is -1.97. The molecule has 0 heterocycles. The molecule has 0 saturated heterocycles. The molecular formula is C20H24O22. The van der Waals surface area contributed by atoms with Crippen molar-refractivity contribution in [2.45, 2.75) is 25.0 Å². The lowest BCUT2D eigenvalue weighted by atomic mass is 10.3. The Bertz CT molecular complexity index is 887. The molecule has 0 spiro atoms. The van der Waals surface area contributed by atoms with Crippen LogP contribution in [0.25, 0.3) is 0 Å². The third kappa shape index (κ3) is 59.1. The number of hydrogen-bond acceptors (Lipinski definition) is 12. The van der Waals surface area contributed by atoms with E-state index in [9.17, 15) is 47.9 Å². The number of aliphatic hydroxyl groups excluding tert-OH is 2. The maximum Gasteiger partial charge on any atom is 0.333 e. The highest BCUT2D eigenvalue weighted by Crippen LogP contribution is 1.90. The van der Waals surface area contributed by atoms with Crippen LogP contribution in [0.2, 0.25) is 0 Å². The number of carboxylic acid groups (broad SMARTS) is 10. The molecule has 0 amide bonds. The third-order valence-corrected chi connectivity index (χ3v) is 2.41. The summed E-state index contributed by atoms with van der Waals surface area (Å²) in [6, 6.07) is 0. The molecule has 0 fully saturated rings. The maximum atomic E-state index is 9.72. The van der Waals surface area contributed by atoms with Crippen LogP contribution in [0.5, 0.6) is 0 Å². The molecule has 0 aromatic rings. The summed E-state index contributed by atoms with van der Waals surface area (Å²) in [6.45, 7) is 0. The number of hydrogen-bond donors (Lipinski definition) is 12. The van der Waals surface area contributed by atoms with Gasteiger partial charge >= 0.3 is 59.7 Å². The molecule has 236 valence electrons. The van der Waals surface area contributed by atoms with Gasteiger partial charge in [-0.2, -0.15) is 0 Å². The van der Waals surface area contributed by atoms with Crippen LogP contribution in [-0.2, 0) is 47.9 Å². The number of aliphatic carboxylic acids is 10. The van der Waals surface area contributed by atoms with Crippen molar-refractivity contribution in [1.82, 2.24) is 0 Å². The SMILES string of the molecule is O=C(O)C=CC(=O)O.O=C(O)C=CC(=O)O.O=C(O)C=CC(=O)O.O=C(O)CC(O)C(=O)O.O=C(O)CC(O)C(=O)O. The molecule has 2 atom stereocenters. The summed E-state index contributed by atoms with van der Waals surface area (Å²) in [5.74, 6) is -13.2. The van der Waals surface area contributed by atoms with Crippen molar-refractivity contribution in [1.29, 1.82) is 0 Å². The van der Waals surface area contributed by atoms with E-state index in [0.29, 0.717) is 36.5 Å². The van der Waals surface area contributed by atoms with E-state index in [1.807, 2.05) is 0 Å². The fourth-order valence-electron chi connectivity index (χ4n) is 0.933. The zero-order valence-electron chi connectivity index (χ0n) is 20.5. The lowest BCUT2D eigenvalue weighted by Crippen LogP contribution is -2.22. The Hall–Kier alpha value is -6.16. The second-order valence-corrected chi connectivity index (χ2v) is 5.93. The molecular weight excluding hydrogens is 592 g/mol. The maximum absolute atomic E-state index is 9.72.